The Morgan fingerprint density at radius 1 is 1.13 bits per heavy atom. The first-order chi connectivity index (χ1) is 14.6. The van der Waals surface area contributed by atoms with Gasteiger partial charge in [-0.3, -0.25) is 9.59 Å². The first-order valence-electron chi connectivity index (χ1n) is 10.2. The largest absolute Gasteiger partial charge is 0.464 e. The van der Waals surface area contributed by atoms with Crippen LogP contribution in [-0.2, 0) is 52.3 Å². The lowest BCUT2D eigenvalue weighted by molar-refractivity contribution is -0.255. The zero-order valence-electron chi connectivity index (χ0n) is 18.8. The molecular formula is C20H32O11. The van der Waals surface area contributed by atoms with Gasteiger partial charge in [-0.15, -0.1) is 0 Å². The molecule has 31 heavy (non-hydrogen) atoms. The fourth-order valence-corrected chi connectivity index (χ4v) is 3.63. The van der Waals surface area contributed by atoms with Crippen LogP contribution in [0, 0.1) is 0 Å². The van der Waals surface area contributed by atoms with E-state index in [0.717, 1.165) is 0 Å². The minimum Gasteiger partial charge on any atom is -0.464 e. The number of carbonyl (C=O) groups is 3. The second kappa shape index (κ2) is 11.2. The van der Waals surface area contributed by atoms with E-state index in [1.165, 1.54) is 21.0 Å². The highest BCUT2D eigenvalue weighted by Crippen LogP contribution is 2.34. The van der Waals surface area contributed by atoms with Gasteiger partial charge >= 0.3 is 17.9 Å². The Bertz CT molecular complexity index is 635. The molecule has 0 aromatic heterocycles. The van der Waals surface area contributed by atoms with Crippen molar-refractivity contribution in [3.8, 4) is 0 Å². The summed E-state index contributed by atoms with van der Waals surface area (Å²) in [6.45, 7) is 7.79. The highest BCUT2D eigenvalue weighted by atomic mass is 16.8. The van der Waals surface area contributed by atoms with E-state index >= 15 is 0 Å². The maximum atomic E-state index is 12.4. The highest BCUT2D eigenvalue weighted by Gasteiger charge is 2.53. The van der Waals surface area contributed by atoms with Crippen molar-refractivity contribution in [3.63, 3.8) is 0 Å². The standard InChI is InChI=1S/C20H32O11/c1-7-25-19(23)14-8-13(28-11(2)21)17(29-12(3)22)18(30-14)16(26-10-24-6)15-9-27-20(4,5)31-15/h13-18H,7-10H2,1-6H3/t13-,14-,15+,16+,17+,18-/m0/s1. The van der Waals surface area contributed by atoms with E-state index in [4.69, 9.17) is 37.9 Å². The highest BCUT2D eigenvalue weighted by molar-refractivity contribution is 5.75. The smallest absolute Gasteiger partial charge is 0.335 e. The Hall–Kier alpha value is -1.79. The average molecular weight is 448 g/mol. The number of ether oxygens (including phenoxy) is 8. The van der Waals surface area contributed by atoms with Gasteiger partial charge in [0.15, 0.2) is 18.0 Å². The van der Waals surface area contributed by atoms with Gasteiger partial charge in [-0.1, -0.05) is 0 Å². The van der Waals surface area contributed by atoms with Crippen molar-refractivity contribution in [1.29, 1.82) is 0 Å². The molecule has 0 bridgehead atoms. The third-order valence-corrected chi connectivity index (χ3v) is 4.73. The maximum Gasteiger partial charge on any atom is 0.335 e. The minimum absolute atomic E-state index is 0.0443. The van der Waals surface area contributed by atoms with Crippen LogP contribution in [0.4, 0.5) is 0 Å². The van der Waals surface area contributed by atoms with Crippen molar-refractivity contribution in [2.45, 2.75) is 83.5 Å². The molecule has 0 unspecified atom stereocenters. The molecule has 0 N–H and O–H groups in total. The molecule has 2 heterocycles. The lowest BCUT2D eigenvalue weighted by Crippen LogP contribution is -2.60. The van der Waals surface area contributed by atoms with Crippen LogP contribution in [0.15, 0.2) is 0 Å². The fourth-order valence-electron chi connectivity index (χ4n) is 3.63. The van der Waals surface area contributed by atoms with Gasteiger partial charge in [-0.05, 0) is 20.8 Å². The van der Waals surface area contributed by atoms with Crippen molar-refractivity contribution in [1.82, 2.24) is 0 Å². The SMILES string of the molecule is CCOC(=O)[C@@H]1C[C@H](OC(C)=O)[C@@H](OC(C)=O)[C@H]([C@H](OCOC)[C@H]2COC(C)(C)O2)O1. The molecule has 2 fully saturated rings. The average Bonchev–Trinajstić information content (AvgIpc) is 3.03. The molecule has 0 spiro atoms. The Kier molecular flexibility index (Phi) is 9.19. The molecule has 178 valence electrons. The van der Waals surface area contributed by atoms with E-state index in [9.17, 15) is 14.4 Å². The summed E-state index contributed by atoms with van der Waals surface area (Å²) in [4.78, 5) is 36.0. The molecule has 0 aromatic carbocycles. The van der Waals surface area contributed by atoms with E-state index in [2.05, 4.69) is 0 Å². The monoisotopic (exact) mass is 448 g/mol. The van der Waals surface area contributed by atoms with Crippen molar-refractivity contribution in [2.24, 2.45) is 0 Å². The number of hydrogen-bond acceptors (Lipinski definition) is 11. The molecule has 0 aliphatic carbocycles. The zero-order chi connectivity index (χ0) is 23.2. The number of carbonyl (C=O) groups excluding carboxylic acids is 3. The summed E-state index contributed by atoms with van der Waals surface area (Å²) in [6, 6.07) is 0. The normalized spacial score (nSPS) is 31.0. The van der Waals surface area contributed by atoms with Gasteiger partial charge < -0.3 is 37.9 Å². The Morgan fingerprint density at radius 2 is 1.81 bits per heavy atom. The van der Waals surface area contributed by atoms with Gasteiger partial charge in [0.1, 0.15) is 31.2 Å². The molecule has 2 aliphatic rings. The van der Waals surface area contributed by atoms with Crippen LogP contribution in [0.2, 0.25) is 0 Å². The molecule has 0 amide bonds. The van der Waals surface area contributed by atoms with Crippen LogP contribution in [0.1, 0.15) is 41.0 Å². The third kappa shape index (κ3) is 7.11. The van der Waals surface area contributed by atoms with Crippen LogP contribution in [0.5, 0.6) is 0 Å². The number of hydrogen-bond donors (Lipinski definition) is 0. The second-order valence-electron chi connectivity index (χ2n) is 7.70. The van der Waals surface area contributed by atoms with Crippen LogP contribution in [0.25, 0.3) is 0 Å². The van der Waals surface area contributed by atoms with Crippen LogP contribution < -0.4 is 0 Å². The molecule has 2 rings (SSSR count). The maximum absolute atomic E-state index is 12.4. The van der Waals surface area contributed by atoms with E-state index < -0.39 is 60.3 Å². The predicted molar refractivity (Wildman–Crippen MR) is 103 cm³/mol. The predicted octanol–water partition coefficient (Wildman–Crippen LogP) is 0.711. The van der Waals surface area contributed by atoms with Crippen molar-refractivity contribution < 1.29 is 52.3 Å². The Labute approximate surface area is 181 Å². The number of methoxy groups -OCH3 is 1. The summed E-state index contributed by atoms with van der Waals surface area (Å²) in [5.74, 6) is -2.71. The third-order valence-electron chi connectivity index (χ3n) is 4.73. The Morgan fingerprint density at radius 3 is 2.32 bits per heavy atom. The summed E-state index contributed by atoms with van der Waals surface area (Å²) >= 11 is 0. The number of rotatable bonds is 9. The summed E-state index contributed by atoms with van der Waals surface area (Å²) in [5, 5.41) is 0. The first kappa shape index (κ1) is 25.5. The van der Waals surface area contributed by atoms with Gasteiger partial charge in [0.2, 0.25) is 0 Å². The number of esters is 3. The molecule has 2 saturated heterocycles. The summed E-state index contributed by atoms with van der Waals surface area (Å²) < 4.78 is 44.4. The lowest BCUT2D eigenvalue weighted by atomic mass is 9.91. The first-order valence-corrected chi connectivity index (χ1v) is 10.2. The second-order valence-corrected chi connectivity index (χ2v) is 7.70. The van der Waals surface area contributed by atoms with E-state index in [0.29, 0.717) is 0 Å². The van der Waals surface area contributed by atoms with E-state index in [-0.39, 0.29) is 26.4 Å². The summed E-state index contributed by atoms with van der Waals surface area (Å²) in [7, 11) is 1.45. The van der Waals surface area contributed by atoms with Crippen molar-refractivity contribution in [2.75, 3.05) is 27.1 Å². The lowest BCUT2D eigenvalue weighted by Gasteiger charge is -2.43. The molecular weight excluding hydrogens is 416 g/mol. The molecule has 6 atom stereocenters. The molecule has 2 aliphatic heterocycles. The van der Waals surface area contributed by atoms with Crippen LogP contribution >= 0.6 is 0 Å². The van der Waals surface area contributed by atoms with Gasteiger partial charge in [-0.25, -0.2) is 4.79 Å². The van der Waals surface area contributed by atoms with Gasteiger partial charge in [0.05, 0.1) is 13.2 Å². The van der Waals surface area contributed by atoms with Crippen molar-refractivity contribution >= 4 is 17.9 Å². The fraction of sp³-hybridized carbons (Fsp3) is 0.850. The molecule has 0 saturated carbocycles. The minimum atomic E-state index is -1.06. The topological polar surface area (TPSA) is 125 Å². The van der Waals surface area contributed by atoms with Gasteiger partial charge in [0.25, 0.3) is 0 Å². The quantitative estimate of drug-likeness (QED) is 0.281. The molecule has 11 heteroatoms. The summed E-state index contributed by atoms with van der Waals surface area (Å²) in [6.07, 6.45) is -5.66. The Balaban J connectivity index is 2.40. The van der Waals surface area contributed by atoms with Gasteiger partial charge in [-0.2, -0.15) is 0 Å². The summed E-state index contributed by atoms with van der Waals surface area (Å²) in [5.41, 5.74) is 0. The molecule has 0 radical (unpaired) electrons. The van der Waals surface area contributed by atoms with Crippen molar-refractivity contribution in [3.05, 3.63) is 0 Å². The van der Waals surface area contributed by atoms with Crippen LogP contribution in [0.3, 0.4) is 0 Å². The zero-order valence-corrected chi connectivity index (χ0v) is 18.8. The van der Waals surface area contributed by atoms with E-state index in [1.54, 1.807) is 20.8 Å². The van der Waals surface area contributed by atoms with Gasteiger partial charge in [0, 0.05) is 27.4 Å². The van der Waals surface area contributed by atoms with E-state index in [1.807, 2.05) is 0 Å². The molecule has 0 aromatic rings. The van der Waals surface area contributed by atoms with Crippen LogP contribution in [-0.4, -0.2) is 87.4 Å². The molecule has 11 nitrogen and oxygen atoms in total.